The molecule has 57 heavy (non-hydrogen) atoms. The Morgan fingerprint density at radius 3 is 1.42 bits per heavy atom. The van der Waals surface area contributed by atoms with Crippen molar-refractivity contribution in [1.29, 1.82) is 0 Å². The average molecular weight is 825 g/mol. The van der Waals surface area contributed by atoms with Gasteiger partial charge in [-0.1, -0.05) is 185 Å². The molecule has 0 saturated heterocycles. The number of ether oxygens (including phenoxy) is 2. The van der Waals surface area contributed by atoms with Gasteiger partial charge in [-0.3, -0.25) is 14.1 Å². The first-order valence-electron chi connectivity index (χ1n) is 22.9. The van der Waals surface area contributed by atoms with Gasteiger partial charge in [-0.25, -0.2) is 4.57 Å². The average Bonchev–Trinajstić information content (AvgIpc) is 3.17. The Bertz CT molecular complexity index is 1090. The number of phosphoric ester groups is 1. The molecule has 10 heteroatoms. The van der Waals surface area contributed by atoms with Gasteiger partial charge >= 0.3 is 19.8 Å². The van der Waals surface area contributed by atoms with Gasteiger partial charge in [0.15, 0.2) is 6.10 Å². The monoisotopic (exact) mass is 825 g/mol. The van der Waals surface area contributed by atoms with E-state index in [2.05, 4.69) is 54.8 Å². The summed E-state index contributed by atoms with van der Waals surface area (Å²) in [5.41, 5.74) is 0. The first-order chi connectivity index (χ1) is 27.5. The fraction of sp³-hybridized carbons (Fsp3) is 0.787. The lowest BCUT2D eigenvalue weighted by molar-refractivity contribution is -0.161. The molecule has 0 fully saturated rings. The third kappa shape index (κ3) is 44.9. The highest BCUT2D eigenvalue weighted by Crippen LogP contribution is 2.36. The number of aliphatic hydroxyl groups is 1. The van der Waals surface area contributed by atoms with Crippen LogP contribution in [0.15, 0.2) is 48.6 Å². The quantitative estimate of drug-likeness (QED) is 0.0238. The molecule has 0 aliphatic rings. The molecule has 3 N–H and O–H groups in total. The number of rotatable bonds is 41. The molecule has 0 aromatic carbocycles. The fourth-order valence-corrected chi connectivity index (χ4v) is 6.72. The van der Waals surface area contributed by atoms with E-state index in [1.807, 2.05) is 19.1 Å². The lowest BCUT2D eigenvalue weighted by Gasteiger charge is -2.18. The Morgan fingerprint density at radius 1 is 0.544 bits per heavy atom. The molecule has 0 amide bonds. The molecule has 332 valence electrons. The summed E-state index contributed by atoms with van der Waals surface area (Å²) in [6.45, 7) is 5.74. The molecule has 9 nitrogen and oxygen atoms in total. The van der Waals surface area contributed by atoms with Crippen molar-refractivity contribution in [3.63, 3.8) is 0 Å². The summed E-state index contributed by atoms with van der Waals surface area (Å²) in [4.78, 5) is 42.9. The fourth-order valence-electron chi connectivity index (χ4n) is 6.36. The van der Waals surface area contributed by atoms with Crippen molar-refractivity contribution in [3.05, 3.63) is 48.6 Å². The Kier molecular flexibility index (Phi) is 39.3. The zero-order valence-corrected chi connectivity index (χ0v) is 37.4. The van der Waals surface area contributed by atoms with Gasteiger partial charge in [-0.05, 0) is 63.7 Å². The highest BCUT2D eigenvalue weighted by molar-refractivity contribution is 7.46. The number of phosphoric acid groups is 1. The SMILES string of the molecule is CC[C@@H](O)CC/C=C\C/C=C\C/C=C\C/C=C\CCCC(=O)O[C@H](COC(=O)CCCCCCCCCCCCCCCCCCCCC(C)C)COP(=O)(O)O. The number of carbonyl (C=O) groups excluding carboxylic acids is 2. The second-order valence-corrected chi connectivity index (χ2v) is 17.2. The van der Waals surface area contributed by atoms with Crippen LogP contribution < -0.4 is 0 Å². The lowest BCUT2D eigenvalue weighted by atomic mass is 10.0. The lowest BCUT2D eigenvalue weighted by Crippen LogP contribution is -2.29. The van der Waals surface area contributed by atoms with E-state index in [0.717, 1.165) is 57.3 Å². The number of esters is 2. The van der Waals surface area contributed by atoms with Crippen molar-refractivity contribution in [2.24, 2.45) is 5.92 Å². The number of allylic oxidation sites excluding steroid dienone is 8. The number of hydrogen-bond donors (Lipinski definition) is 3. The zero-order chi connectivity index (χ0) is 42.1. The van der Waals surface area contributed by atoms with E-state index < -0.39 is 32.5 Å². The second-order valence-electron chi connectivity index (χ2n) is 16.0. The van der Waals surface area contributed by atoms with E-state index in [-0.39, 0.29) is 25.6 Å². The first-order valence-corrected chi connectivity index (χ1v) is 24.4. The van der Waals surface area contributed by atoms with Crippen LogP contribution in [0.2, 0.25) is 0 Å². The molecule has 0 aromatic rings. The molecule has 2 atom stereocenters. The van der Waals surface area contributed by atoms with Crippen molar-refractivity contribution in [3.8, 4) is 0 Å². The molecular weight excluding hydrogens is 739 g/mol. The summed E-state index contributed by atoms with van der Waals surface area (Å²) in [7, 11) is -4.78. The van der Waals surface area contributed by atoms with Gasteiger partial charge in [0.2, 0.25) is 0 Å². The van der Waals surface area contributed by atoms with Gasteiger partial charge in [0.1, 0.15) is 6.61 Å². The van der Waals surface area contributed by atoms with Crippen LogP contribution in [-0.2, 0) is 28.2 Å². The van der Waals surface area contributed by atoms with Gasteiger partial charge in [0, 0.05) is 12.8 Å². The molecule has 0 aliphatic carbocycles. The van der Waals surface area contributed by atoms with E-state index >= 15 is 0 Å². The van der Waals surface area contributed by atoms with Crippen molar-refractivity contribution in [1.82, 2.24) is 0 Å². The molecule has 0 aromatic heterocycles. The van der Waals surface area contributed by atoms with Crippen molar-refractivity contribution < 1.29 is 43.0 Å². The normalized spacial score (nSPS) is 13.5. The van der Waals surface area contributed by atoms with E-state index in [1.54, 1.807) is 0 Å². The van der Waals surface area contributed by atoms with E-state index in [0.29, 0.717) is 19.3 Å². The Balaban J connectivity index is 3.94. The van der Waals surface area contributed by atoms with Gasteiger partial charge < -0.3 is 24.4 Å². The minimum Gasteiger partial charge on any atom is -0.462 e. The van der Waals surface area contributed by atoms with Gasteiger partial charge in [-0.15, -0.1) is 0 Å². The van der Waals surface area contributed by atoms with Gasteiger partial charge in [0.05, 0.1) is 12.7 Å². The van der Waals surface area contributed by atoms with Crippen LogP contribution in [0.4, 0.5) is 0 Å². The summed E-state index contributed by atoms with van der Waals surface area (Å²) in [5.74, 6) is -0.118. The highest BCUT2D eigenvalue weighted by Gasteiger charge is 2.22. The summed E-state index contributed by atoms with van der Waals surface area (Å²) >= 11 is 0. The predicted octanol–water partition coefficient (Wildman–Crippen LogP) is 13.1. The van der Waals surface area contributed by atoms with E-state index in [9.17, 15) is 19.3 Å². The molecule has 0 rings (SSSR count). The minimum atomic E-state index is -4.78. The van der Waals surface area contributed by atoms with Crippen LogP contribution in [-0.4, -0.2) is 52.3 Å². The molecule has 0 heterocycles. The largest absolute Gasteiger partial charge is 0.469 e. The smallest absolute Gasteiger partial charge is 0.462 e. The van der Waals surface area contributed by atoms with Crippen molar-refractivity contribution in [2.75, 3.05) is 13.2 Å². The van der Waals surface area contributed by atoms with Crippen LogP contribution in [0.3, 0.4) is 0 Å². The molecule has 0 unspecified atom stereocenters. The number of unbranched alkanes of at least 4 members (excludes halogenated alkanes) is 18. The van der Waals surface area contributed by atoms with E-state index in [1.165, 1.54) is 103 Å². The number of hydrogen-bond acceptors (Lipinski definition) is 7. The van der Waals surface area contributed by atoms with Crippen LogP contribution in [0, 0.1) is 5.92 Å². The summed E-state index contributed by atoms with van der Waals surface area (Å²) in [5, 5.41) is 9.55. The van der Waals surface area contributed by atoms with Crippen molar-refractivity contribution in [2.45, 2.75) is 219 Å². The van der Waals surface area contributed by atoms with Gasteiger partial charge in [0.25, 0.3) is 0 Å². The Labute approximate surface area is 348 Å². The number of aliphatic hydroxyl groups excluding tert-OH is 1. The second kappa shape index (κ2) is 40.7. The van der Waals surface area contributed by atoms with Crippen LogP contribution in [0.25, 0.3) is 0 Å². The molecular formula is C47H85O9P. The molecule has 0 saturated carbocycles. The third-order valence-electron chi connectivity index (χ3n) is 9.94. The van der Waals surface area contributed by atoms with Crippen molar-refractivity contribution >= 4 is 19.8 Å². The summed E-state index contributed by atoms with van der Waals surface area (Å²) in [6, 6.07) is 0. The molecule has 0 bridgehead atoms. The molecule has 0 spiro atoms. The maximum atomic E-state index is 12.4. The Hall–Kier alpha value is -2.03. The minimum absolute atomic E-state index is 0.123. The highest BCUT2D eigenvalue weighted by atomic mass is 31.2. The third-order valence-corrected chi connectivity index (χ3v) is 10.4. The first kappa shape index (κ1) is 55.0. The van der Waals surface area contributed by atoms with Gasteiger partial charge in [-0.2, -0.15) is 0 Å². The number of carbonyl (C=O) groups is 2. The van der Waals surface area contributed by atoms with E-state index in [4.69, 9.17) is 19.3 Å². The zero-order valence-electron chi connectivity index (χ0n) is 36.5. The maximum absolute atomic E-state index is 12.4. The Morgan fingerprint density at radius 2 is 0.965 bits per heavy atom. The maximum Gasteiger partial charge on any atom is 0.469 e. The van der Waals surface area contributed by atoms with Crippen LogP contribution in [0.5, 0.6) is 0 Å². The molecule has 0 radical (unpaired) electrons. The summed E-state index contributed by atoms with van der Waals surface area (Å²) < 4.78 is 26.4. The van der Waals surface area contributed by atoms with Crippen LogP contribution in [0.1, 0.15) is 207 Å². The summed E-state index contributed by atoms with van der Waals surface area (Å²) in [6.07, 6.45) is 46.5. The van der Waals surface area contributed by atoms with Crippen LogP contribution >= 0.6 is 7.82 Å². The predicted molar refractivity (Wildman–Crippen MR) is 236 cm³/mol. The topological polar surface area (TPSA) is 140 Å². The molecule has 0 aliphatic heterocycles. The standard InChI is InChI=1S/C47H85O9P/c1-4-44(48)38-34-30-26-22-18-14-11-12-16-20-24-28-32-36-40-47(50)56-45(42-55-57(51,52)53)41-54-46(49)39-35-31-27-23-19-15-10-8-6-5-7-9-13-17-21-25-29-33-37-43(2)3/h12,14,16,18,24,26,28,30,43-45,48H,4-11,13,15,17,19-23,25,27,29,31-42H2,1-3H3,(H2,51,52,53)/b16-12-,18-14-,28-24-,30-26-/t44-,45-/m1/s1.